The van der Waals surface area contributed by atoms with Gasteiger partial charge in [0, 0.05) is 15.0 Å². The van der Waals surface area contributed by atoms with Crippen LogP contribution >= 0.6 is 32.0 Å². The fraction of sp³-hybridized carbons (Fsp3) is 0.0800. The Kier molecular flexibility index (Phi) is 23.3. The molecule has 245 valence electrons. The van der Waals surface area contributed by atoms with Crippen molar-refractivity contribution >= 4 is 46.6 Å². The van der Waals surface area contributed by atoms with Crippen molar-refractivity contribution in [2.24, 2.45) is 10.7 Å². The first kappa shape index (κ1) is 44.2. The average Bonchev–Trinajstić information content (AvgIpc) is 3.86. The van der Waals surface area contributed by atoms with Crippen LogP contribution in [-0.2, 0) is 19.2 Å². The maximum absolute atomic E-state index is 12.6. The topological polar surface area (TPSA) is 199 Å². The Labute approximate surface area is 316 Å². The molecule has 0 spiro atoms. The fourth-order valence-corrected chi connectivity index (χ4v) is 2.72. The van der Waals surface area contributed by atoms with Gasteiger partial charge in [-0.2, -0.15) is 20.7 Å². The third kappa shape index (κ3) is 16.9. The van der Waals surface area contributed by atoms with Crippen LogP contribution in [0.2, 0.25) is 5.15 Å². The minimum Gasteiger partial charge on any atom is -1.00 e. The van der Waals surface area contributed by atoms with Gasteiger partial charge in [-0.1, -0.05) is 11.6 Å². The molecule has 5 aromatic rings. The number of nitrogens with two attached hydrogens (primary N) is 1. The Morgan fingerprint density at radius 2 is 1.29 bits per heavy atom. The molecule has 6 heterocycles. The Morgan fingerprint density at radius 3 is 1.58 bits per heavy atom. The molecular formula is C25H19BCl3F3N14NaNi. The van der Waals surface area contributed by atoms with Gasteiger partial charge in [0.25, 0.3) is 0 Å². The van der Waals surface area contributed by atoms with Gasteiger partial charge in [-0.05, 0) is 6.08 Å². The van der Waals surface area contributed by atoms with Crippen molar-refractivity contribution in [2.75, 3.05) is 6.54 Å². The second-order valence-corrected chi connectivity index (χ2v) is 9.63. The predicted molar refractivity (Wildman–Crippen MR) is 164 cm³/mol. The molecule has 1 aliphatic rings. The quantitative estimate of drug-likeness (QED) is 0.257. The summed E-state index contributed by atoms with van der Waals surface area (Å²) < 4.78 is 39.4. The Bertz CT molecular complexity index is 1790. The molecule has 0 unspecified atom stereocenters. The maximum atomic E-state index is 12.6. The van der Waals surface area contributed by atoms with E-state index in [4.69, 9.17) is 48.2 Å². The van der Waals surface area contributed by atoms with Crippen molar-refractivity contribution in [1.29, 1.82) is 10.5 Å². The van der Waals surface area contributed by atoms with Gasteiger partial charge in [0.1, 0.15) is 23.1 Å². The second-order valence-electron chi connectivity index (χ2n) is 7.61. The molecule has 0 aromatic carbocycles. The van der Waals surface area contributed by atoms with E-state index in [-0.39, 0.29) is 56.6 Å². The molecule has 5 aromatic heterocycles. The monoisotopic (exact) mass is 769 g/mol. The molecule has 14 nitrogen and oxygen atoms in total. The van der Waals surface area contributed by atoms with Crippen LogP contribution in [0.5, 0.6) is 0 Å². The number of nitrogens with zero attached hydrogens (tertiary/aromatic N) is 13. The van der Waals surface area contributed by atoms with Gasteiger partial charge in [-0.15, -0.1) is 0 Å². The molecule has 0 aliphatic carbocycles. The number of hydrogen-bond donors (Lipinski definition) is 1. The summed E-state index contributed by atoms with van der Waals surface area (Å²) in [5.41, 5.74) is 6.53. The van der Waals surface area contributed by atoms with Crippen LogP contribution in [0.25, 0.3) is 11.6 Å². The summed E-state index contributed by atoms with van der Waals surface area (Å²) in [6, 6.07) is 3.66. The molecule has 0 amide bonds. The summed E-state index contributed by atoms with van der Waals surface area (Å²) in [4.78, 5) is 26.5. The van der Waals surface area contributed by atoms with Crippen molar-refractivity contribution in [3.05, 3.63) is 108 Å². The van der Waals surface area contributed by atoms with E-state index < -0.39 is 11.6 Å². The molecule has 6 rings (SSSR count). The van der Waals surface area contributed by atoms with E-state index >= 15 is 0 Å². The number of halogens is 6. The zero-order valence-corrected chi connectivity index (χ0v) is 29.7. The van der Waals surface area contributed by atoms with Gasteiger partial charge in [0.15, 0.2) is 34.7 Å². The average molecular weight is 771 g/mol. The smallest absolute Gasteiger partial charge is 1.00 e. The van der Waals surface area contributed by atoms with E-state index in [1.54, 1.807) is 0 Å². The van der Waals surface area contributed by atoms with Crippen molar-refractivity contribution in [2.45, 2.75) is 6.54 Å². The van der Waals surface area contributed by atoms with Crippen LogP contribution in [0, 0.1) is 34.3 Å². The van der Waals surface area contributed by atoms with Crippen molar-refractivity contribution in [3.63, 3.8) is 0 Å². The zero-order valence-electron chi connectivity index (χ0n) is 25.4. The third-order valence-electron chi connectivity index (χ3n) is 4.57. The van der Waals surface area contributed by atoms with Crippen LogP contribution in [0.4, 0.5) is 13.2 Å². The number of aliphatic imine (C=N–C) groups is 1. The first-order valence-electron chi connectivity index (χ1n) is 11.9. The largest absolute Gasteiger partial charge is 1.00 e. The fourth-order valence-electron chi connectivity index (χ4n) is 2.62. The summed E-state index contributed by atoms with van der Waals surface area (Å²) in [7, 11) is 9.40. The molecule has 0 saturated heterocycles. The van der Waals surface area contributed by atoms with Crippen LogP contribution in [-0.4, -0.2) is 70.6 Å². The standard InChI is InChI=1S/C8H8FN5.C8H4FN5.C5H2ClN3.C4H4FN.B.2ClH.Na.Ni.H/c2*9-6-2-13-14(5-6)8-4-11-7(1-10)3-12-8;6-5-3-8-4(1-7)2-9-5;5-4-1-2-6-3-4;;;;;;/h2-5H,1,10H2;2-5H;2-3H;1,3H,2H2;;2*1H;;;/q;;;;;;;+1;+2;-1/p-2. The molecule has 2 N–H and O–H groups in total. The zero-order chi connectivity index (χ0) is 33.7. The number of aromatic nitrogens is 10. The van der Waals surface area contributed by atoms with Crippen LogP contribution in [0.15, 0.2) is 78.9 Å². The van der Waals surface area contributed by atoms with E-state index in [0.717, 1.165) is 12.4 Å². The summed E-state index contributed by atoms with van der Waals surface area (Å²) in [5, 5.41) is 24.4. The van der Waals surface area contributed by atoms with E-state index in [9.17, 15) is 13.2 Å². The molecular weight excluding hydrogens is 752 g/mol. The number of allylic oxidation sites excluding steroid dienone is 1. The molecule has 0 fully saturated rings. The van der Waals surface area contributed by atoms with Gasteiger partial charge < -0.3 is 7.16 Å². The number of rotatable bonds is 3. The van der Waals surface area contributed by atoms with Gasteiger partial charge in [0.2, 0.25) is 0 Å². The van der Waals surface area contributed by atoms with Crippen LogP contribution in [0.1, 0.15) is 18.5 Å². The van der Waals surface area contributed by atoms with Crippen molar-refractivity contribution in [1.82, 2.24) is 49.5 Å². The second kappa shape index (κ2) is 25.3. The minimum absolute atomic E-state index is 0. The van der Waals surface area contributed by atoms with E-state index in [0.29, 0.717) is 48.2 Å². The van der Waals surface area contributed by atoms with Crippen LogP contribution < -0.4 is 35.3 Å². The minimum atomic E-state index is -0.448. The molecule has 3 radical (unpaired) electrons. The Balaban J connectivity index is 0. The summed E-state index contributed by atoms with van der Waals surface area (Å²) >= 11 is 5.96. The number of nitriles is 2. The van der Waals surface area contributed by atoms with Gasteiger partial charge in [-0.3, -0.25) is 9.98 Å². The molecule has 0 atom stereocenters. The van der Waals surface area contributed by atoms with Gasteiger partial charge in [0.05, 0.1) is 80.4 Å². The Morgan fingerprint density at radius 1 is 0.792 bits per heavy atom. The SMILES string of the molecule is FC1=CCN=C1.N#Cc1cnc(-n2cc(F)cn2)cn1.N#Cc1cnc(Cl)cn1.NCc1cnc(-n2cc(F)cn2)cn1.[B].[Cl][Ni][Cl].[H-].[Na+]. The van der Waals surface area contributed by atoms with E-state index in [1.165, 1.54) is 71.2 Å². The summed E-state index contributed by atoms with van der Waals surface area (Å²) in [6.07, 6.45) is 15.6. The predicted octanol–water partition coefficient (Wildman–Crippen LogP) is 0.971. The first-order valence-corrected chi connectivity index (χ1v) is 15.0. The van der Waals surface area contributed by atoms with Crippen molar-refractivity contribution < 1.29 is 56.8 Å². The third-order valence-corrected chi connectivity index (χ3v) is 4.76. The summed E-state index contributed by atoms with van der Waals surface area (Å²) in [5.74, 6) is -0.236. The Hall–Kier alpha value is -3.77. The maximum Gasteiger partial charge on any atom is 1.00 e. The number of hydrogen-bond acceptors (Lipinski definition) is 12. The molecule has 1 aliphatic heterocycles. The molecule has 0 bridgehead atoms. The van der Waals surface area contributed by atoms with Gasteiger partial charge in [-0.25, -0.2) is 47.5 Å². The van der Waals surface area contributed by atoms with Crippen LogP contribution in [0.3, 0.4) is 0 Å². The normalized spacial score (nSPS) is 10.2. The molecule has 23 heteroatoms. The summed E-state index contributed by atoms with van der Waals surface area (Å²) in [6.45, 7) is 0.854. The molecule has 48 heavy (non-hydrogen) atoms. The van der Waals surface area contributed by atoms with E-state index in [2.05, 4.69) is 45.1 Å². The van der Waals surface area contributed by atoms with E-state index in [1.807, 2.05) is 12.1 Å². The first-order chi connectivity index (χ1) is 22.2. The van der Waals surface area contributed by atoms with Gasteiger partial charge >= 0.3 is 62.6 Å². The molecule has 0 saturated carbocycles. The van der Waals surface area contributed by atoms with Crippen molar-refractivity contribution in [3.8, 4) is 23.8 Å².